The Hall–Kier alpha value is -1.67. The zero-order valence-corrected chi connectivity index (χ0v) is 10.3. The van der Waals surface area contributed by atoms with Gasteiger partial charge in [0.15, 0.2) is 0 Å². The lowest BCUT2D eigenvalue weighted by molar-refractivity contribution is 0.212. The minimum atomic E-state index is -0.608. The largest absolute Gasteiger partial charge is 0.382 e. The van der Waals surface area contributed by atoms with Crippen molar-refractivity contribution < 1.29 is 5.11 Å². The minimum absolute atomic E-state index is 0.608. The van der Waals surface area contributed by atoms with Crippen LogP contribution in [0.5, 0.6) is 0 Å². The molecule has 1 fully saturated rings. The molecule has 1 heterocycles. The minimum Gasteiger partial charge on any atom is -0.382 e. The highest BCUT2D eigenvalue weighted by Gasteiger charge is 2.24. The summed E-state index contributed by atoms with van der Waals surface area (Å²) in [6.45, 7) is 0. The van der Waals surface area contributed by atoms with Gasteiger partial charge in [-0.2, -0.15) is 0 Å². The summed E-state index contributed by atoms with van der Waals surface area (Å²) in [5.41, 5.74) is 3.03. The Morgan fingerprint density at radius 3 is 2.50 bits per heavy atom. The fourth-order valence-corrected chi connectivity index (χ4v) is 2.55. The third-order valence-corrected chi connectivity index (χ3v) is 3.80. The Bertz CT molecular complexity index is 520. The lowest BCUT2D eigenvalue weighted by Gasteiger charge is -2.29. The molecule has 1 aromatic heterocycles. The number of pyridine rings is 1. The van der Waals surface area contributed by atoms with Crippen molar-refractivity contribution in [3.8, 4) is 0 Å². The van der Waals surface area contributed by atoms with Gasteiger partial charge in [-0.15, -0.1) is 0 Å². The highest BCUT2D eigenvalue weighted by atomic mass is 16.3. The molecule has 0 spiro atoms. The molecule has 1 unspecified atom stereocenters. The zero-order valence-electron chi connectivity index (χ0n) is 10.3. The normalized spacial score (nSPS) is 17.2. The molecule has 18 heavy (non-hydrogen) atoms. The van der Waals surface area contributed by atoms with Crippen LogP contribution in [0.4, 0.5) is 0 Å². The van der Waals surface area contributed by atoms with Crippen LogP contribution in [0.3, 0.4) is 0 Å². The quantitative estimate of drug-likeness (QED) is 0.890. The first kappa shape index (κ1) is 11.4. The highest BCUT2D eigenvalue weighted by molar-refractivity contribution is 5.36. The molecule has 0 bridgehead atoms. The van der Waals surface area contributed by atoms with Crippen LogP contribution >= 0.6 is 0 Å². The van der Waals surface area contributed by atoms with Crippen LogP contribution in [0.1, 0.15) is 48.1 Å². The average molecular weight is 239 g/mol. The van der Waals surface area contributed by atoms with Gasteiger partial charge in [0, 0.05) is 6.20 Å². The molecule has 0 aliphatic heterocycles. The van der Waals surface area contributed by atoms with Gasteiger partial charge in [0.1, 0.15) is 6.10 Å². The first-order valence-corrected chi connectivity index (χ1v) is 6.54. The van der Waals surface area contributed by atoms with Gasteiger partial charge in [0.25, 0.3) is 0 Å². The molecule has 1 N–H and O–H groups in total. The molecular formula is C16H17NO. The third kappa shape index (κ3) is 2.04. The van der Waals surface area contributed by atoms with E-state index in [0.29, 0.717) is 5.92 Å². The van der Waals surface area contributed by atoms with E-state index in [1.165, 1.54) is 24.8 Å². The first-order valence-electron chi connectivity index (χ1n) is 6.54. The van der Waals surface area contributed by atoms with Gasteiger partial charge >= 0.3 is 0 Å². The van der Waals surface area contributed by atoms with Crippen LogP contribution in [0.2, 0.25) is 0 Å². The van der Waals surface area contributed by atoms with Crippen LogP contribution in [0, 0.1) is 0 Å². The van der Waals surface area contributed by atoms with Gasteiger partial charge in [-0.1, -0.05) is 36.8 Å². The van der Waals surface area contributed by atoms with Gasteiger partial charge in [-0.3, -0.25) is 4.98 Å². The molecule has 2 heteroatoms. The second kappa shape index (κ2) is 4.91. The van der Waals surface area contributed by atoms with E-state index in [4.69, 9.17) is 0 Å². The van der Waals surface area contributed by atoms with E-state index in [-0.39, 0.29) is 0 Å². The SMILES string of the molecule is OC(c1ccccn1)c1ccccc1C1CCC1. The average Bonchev–Trinajstić information content (AvgIpc) is 2.38. The lowest BCUT2D eigenvalue weighted by atomic mass is 9.77. The van der Waals surface area contributed by atoms with E-state index in [1.807, 2.05) is 30.3 Å². The molecule has 0 saturated heterocycles. The van der Waals surface area contributed by atoms with Crippen molar-refractivity contribution >= 4 is 0 Å². The van der Waals surface area contributed by atoms with Crippen molar-refractivity contribution in [1.82, 2.24) is 4.98 Å². The predicted octanol–water partition coefficient (Wildman–Crippen LogP) is 3.43. The number of benzene rings is 1. The smallest absolute Gasteiger partial charge is 0.121 e. The lowest BCUT2D eigenvalue weighted by Crippen LogP contribution is -2.14. The molecule has 1 atom stereocenters. The Morgan fingerprint density at radius 2 is 1.83 bits per heavy atom. The molecule has 1 aliphatic rings. The van der Waals surface area contributed by atoms with E-state index in [1.54, 1.807) is 6.20 Å². The molecule has 1 saturated carbocycles. The second-order valence-corrected chi connectivity index (χ2v) is 4.91. The van der Waals surface area contributed by atoms with E-state index in [0.717, 1.165) is 11.3 Å². The third-order valence-electron chi connectivity index (χ3n) is 3.80. The van der Waals surface area contributed by atoms with Gasteiger partial charge in [-0.25, -0.2) is 0 Å². The Morgan fingerprint density at radius 1 is 1.06 bits per heavy atom. The topological polar surface area (TPSA) is 33.1 Å². The molecule has 2 aromatic rings. The summed E-state index contributed by atoms with van der Waals surface area (Å²) < 4.78 is 0. The van der Waals surface area contributed by atoms with Crippen LogP contribution in [-0.4, -0.2) is 10.1 Å². The van der Waals surface area contributed by atoms with Crippen molar-refractivity contribution in [2.24, 2.45) is 0 Å². The molecule has 2 nitrogen and oxygen atoms in total. The molecule has 1 aromatic carbocycles. The molecule has 92 valence electrons. The van der Waals surface area contributed by atoms with E-state index in [9.17, 15) is 5.11 Å². The van der Waals surface area contributed by atoms with Crippen molar-refractivity contribution in [2.45, 2.75) is 31.3 Å². The summed E-state index contributed by atoms with van der Waals surface area (Å²) >= 11 is 0. The van der Waals surface area contributed by atoms with Crippen LogP contribution in [0.15, 0.2) is 48.7 Å². The van der Waals surface area contributed by atoms with Crippen molar-refractivity contribution in [3.05, 3.63) is 65.5 Å². The second-order valence-electron chi connectivity index (χ2n) is 4.91. The summed E-state index contributed by atoms with van der Waals surface area (Å²) in [4.78, 5) is 4.25. The number of nitrogens with zero attached hydrogens (tertiary/aromatic N) is 1. The summed E-state index contributed by atoms with van der Waals surface area (Å²) in [7, 11) is 0. The summed E-state index contributed by atoms with van der Waals surface area (Å²) in [6, 6.07) is 13.9. The fourth-order valence-electron chi connectivity index (χ4n) is 2.55. The van der Waals surface area contributed by atoms with Crippen molar-refractivity contribution in [3.63, 3.8) is 0 Å². The predicted molar refractivity (Wildman–Crippen MR) is 71.3 cm³/mol. The number of hydrogen-bond acceptors (Lipinski definition) is 2. The molecule has 0 amide bonds. The fraction of sp³-hybridized carbons (Fsp3) is 0.312. The Kier molecular flexibility index (Phi) is 3.11. The number of hydrogen-bond donors (Lipinski definition) is 1. The maximum atomic E-state index is 10.5. The molecule has 0 radical (unpaired) electrons. The van der Waals surface area contributed by atoms with Gasteiger partial charge < -0.3 is 5.11 Å². The maximum Gasteiger partial charge on any atom is 0.121 e. The van der Waals surface area contributed by atoms with Gasteiger partial charge in [0.2, 0.25) is 0 Å². The summed E-state index contributed by atoms with van der Waals surface area (Å²) in [6.07, 6.45) is 4.91. The Balaban J connectivity index is 1.96. The van der Waals surface area contributed by atoms with E-state index >= 15 is 0 Å². The standard InChI is InChI=1S/C16H17NO/c18-16(15-10-3-4-11-17-15)14-9-2-1-8-13(14)12-6-5-7-12/h1-4,8-12,16,18H,5-7H2. The summed E-state index contributed by atoms with van der Waals surface area (Å²) in [5.74, 6) is 0.625. The summed E-state index contributed by atoms with van der Waals surface area (Å²) in [5, 5.41) is 10.5. The number of aromatic nitrogens is 1. The highest BCUT2D eigenvalue weighted by Crippen LogP contribution is 2.40. The van der Waals surface area contributed by atoms with Crippen molar-refractivity contribution in [1.29, 1.82) is 0 Å². The van der Waals surface area contributed by atoms with E-state index in [2.05, 4.69) is 17.1 Å². The van der Waals surface area contributed by atoms with Gasteiger partial charge in [0.05, 0.1) is 5.69 Å². The molecule has 3 rings (SSSR count). The first-order chi connectivity index (χ1) is 8.86. The van der Waals surface area contributed by atoms with Gasteiger partial charge in [-0.05, 0) is 42.0 Å². The van der Waals surface area contributed by atoms with E-state index < -0.39 is 6.10 Å². The van der Waals surface area contributed by atoms with Crippen LogP contribution in [0.25, 0.3) is 0 Å². The molecule has 1 aliphatic carbocycles. The maximum absolute atomic E-state index is 10.5. The number of aliphatic hydroxyl groups is 1. The monoisotopic (exact) mass is 239 g/mol. The van der Waals surface area contributed by atoms with Crippen LogP contribution < -0.4 is 0 Å². The van der Waals surface area contributed by atoms with Crippen LogP contribution in [-0.2, 0) is 0 Å². The Labute approximate surface area is 107 Å². The number of rotatable bonds is 3. The molecular weight excluding hydrogens is 222 g/mol. The zero-order chi connectivity index (χ0) is 12.4. The van der Waals surface area contributed by atoms with Crippen molar-refractivity contribution in [2.75, 3.05) is 0 Å². The number of aliphatic hydroxyl groups excluding tert-OH is 1.